The molecule has 0 heterocycles. The number of amides is 1. The first-order valence-corrected chi connectivity index (χ1v) is 6.26. The summed E-state index contributed by atoms with van der Waals surface area (Å²) in [4.78, 5) is 11.7. The van der Waals surface area contributed by atoms with Crippen LogP contribution in [0, 0.1) is 0 Å². The number of para-hydroxylation sites is 1. The molecule has 0 aromatic heterocycles. The van der Waals surface area contributed by atoms with Crippen molar-refractivity contribution in [3.05, 3.63) is 29.8 Å². The molecular weight excluding hydrogens is 214 g/mol. The van der Waals surface area contributed by atoms with Crippen molar-refractivity contribution in [2.24, 2.45) is 0 Å². The zero-order chi connectivity index (χ0) is 12.5. The number of aliphatic hydroxyl groups is 1. The second kappa shape index (κ2) is 7.85. The Morgan fingerprint density at radius 3 is 2.71 bits per heavy atom. The van der Waals surface area contributed by atoms with Crippen LogP contribution in [0.3, 0.4) is 0 Å². The molecule has 1 aromatic carbocycles. The van der Waals surface area contributed by atoms with Gasteiger partial charge in [-0.1, -0.05) is 44.4 Å². The van der Waals surface area contributed by atoms with Gasteiger partial charge in [-0.2, -0.15) is 0 Å². The number of rotatable bonds is 7. The van der Waals surface area contributed by atoms with E-state index in [0.29, 0.717) is 6.42 Å². The van der Waals surface area contributed by atoms with Gasteiger partial charge in [-0.3, -0.25) is 4.79 Å². The monoisotopic (exact) mass is 235 g/mol. The van der Waals surface area contributed by atoms with Crippen LogP contribution in [0.25, 0.3) is 0 Å². The predicted molar refractivity (Wildman–Crippen MR) is 69.8 cm³/mol. The topological polar surface area (TPSA) is 49.3 Å². The van der Waals surface area contributed by atoms with Gasteiger partial charge in [0.1, 0.15) is 0 Å². The van der Waals surface area contributed by atoms with Crippen molar-refractivity contribution in [1.29, 1.82) is 0 Å². The van der Waals surface area contributed by atoms with Gasteiger partial charge in [-0.15, -0.1) is 0 Å². The Labute approximate surface area is 103 Å². The van der Waals surface area contributed by atoms with Crippen molar-refractivity contribution >= 4 is 11.6 Å². The van der Waals surface area contributed by atoms with E-state index in [2.05, 4.69) is 12.2 Å². The van der Waals surface area contributed by atoms with Crippen molar-refractivity contribution in [2.45, 2.75) is 45.6 Å². The first-order valence-electron chi connectivity index (χ1n) is 6.26. The number of benzene rings is 1. The second-order valence-electron chi connectivity index (χ2n) is 4.17. The second-order valence-corrected chi connectivity index (χ2v) is 4.17. The number of aliphatic hydroxyl groups excluding tert-OH is 1. The van der Waals surface area contributed by atoms with E-state index in [4.69, 9.17) is 5.11 Å². The Hall–Kier alpha value is -1.35. The maximum absolute atomic E-state index is 11.7. The number of carbonyl (C=O) groups is 1. The molecule has 3 nitrogen and oxygen atoms in total. The fourth-order valence-corrected chi connectivity index (χ4v) is 1.71. The summed E-state index contributed by atoms with van der Waals surface area (Å²) in [5.41, 5.74) is 1.48. The van der Waals surface area contributed by atoms with Crippen LogP contribution in [0.1, 0.15) is 44.6 Å². The molecule has 0 atom stereocenters. The summed E-state index contributed by atoms with van der Waals surface area (Å²) in [5, 5.41) is 12.0. The molecule has 0 aliphatic carbocycles. The van der Waals surface area contributed by atoms with Gasteiger partial charge in [0, 0.05) is 17.7 Å². The van der Waals surface area contributed by atoms with Crippen molar-refractivity contribution in [3.63, 3.8) is 0 Å². The van der Waals surface area contributed by atoms with E-state index in [1.54, 1.807) is 0 Å². The molecule has 0 spiro atoms. The molecule has 0 aliphatic heterocycles. The molecule has 17 heavy (non-hydrogen) atoms. The first-order chi connectivity index (χ1) is 8.27. The lowest BCUT2D eigenvalue weighted by molar-refractivity contribution is -0.116. The zero-order valence-electron chi connectivity index (χ0n) is 10.4. The maximum Gasteiger partial charge on any atom is 0.224 e. The summed E-state index contributed by atoms with van der Waals surface area (Å²) >= 11 is 0. The standard InChI is InChI=1S/C14H21NO2/c1-2-3-4-5-10-14(17)15-13-9-7-6-8-12(13)11-16/h6-9,16H,2-5,10-11H2,1H3,(H,15,17). The van der Waals surface area contributed by atoms with Gasteiger partial charge >= 0.3 is 0 Å². The summed E-state index contributed by atoms with van der Waals surface area (Å²) in [7, 11) is 0. The predicted octanol–water partition coefficient (Wildman–Crippen LogP) is 3.09. The summed E-state index contributed by atoms with van der Waals surface area (Å²) < 4.78 is 0. The third-order valence-electron chi connectivity index (χ3n) is 2.72. The van der Waals surface area contributed by atoms with Gasteiger partial charge < -0.3 is 10.4 Å². The van der Waals surface area contributed by atoms with Crippen LogP contribution in [-0.4, -0.2) is 11.0 Å². The van der Waals surface area contributed by atoms with E-state index >= 15 is 0 Å². The molecule has 94 valence electrons. The van der Waals surface area contributed by atoms with Crippen LogP contribution >= 0.6 is 0 Å². The van der Waals surface area contributed by atoms with Crippen LogP contribution in [0.5, 0.6) is 0 Å². The number of hydrogen-bond donors (Lipinski definition) is 2. The molecule has 3 heteroatoms. The molecular formula is C14H21NO2. The van der Waals surface area contributed by atoms with Gasteiger partial charge in [-0.05, 0) is 12.5 Å². The van der Waals surface area contributed by atoms with E-state index < -0.39 is 0 Å². The normalized spacial score (nSPS) is 10.2. The third kappa shape index (κ3) is 5.00. The minimum atomic E-state index is -0.0493. The largest absolute Gasteiger partial charge is 0.392 e. The Kier molecular flexibility index (Phi) is 6.33. The molecule has 0 radical (unpaired) electrons. The third-order valence-corrected chi connectivity index (χ3v) is 2.72. The summed E-state index contributed by atoms with van der Waals surface area (Å²) in [6.07, 6.45) is 4.95. The first kappa shape index (κ1) is 13.7. The lowest BCUT2D eigenvalue weighted by Gasteiger charge is -2.08. The molecule has 0 aliphatic rings. The SMILES string of the molecule is CCCCCCC(=O)Nc1ccccc1CO. The molecule has 0 saturated carbocycles. The van der Waals surface area contributed by atoms with Crippen molar-refractivity contribution < 1.29 is 9.90 Å². The van der Waals surface area contributed by atoms with Gasteiger partial charge in [0.25, 0.3) is 0 Å². The molecule has 0 unspecified atom stereocenters. The van der Waals surface area contributed by atoms with E-state index in [0.717, 1.165) is 24.1 Å². The highest BCUT2D eigenvalue weighted by Gasteiger charge is 2.05. The number of unbranched alkanes of at least 4 members (excludes halogenated alkanes) is 3. The quantitative estimate of drug-likeness (QED) is 0.713. The highest BCUT2D eigenvalue weighted by Crippen LogP contribution is 2.15. The average Bonchev–Trinajstić information content (AvgIpc) is 2.35. The van der Waals surface area contributed by atoms with Crippen LogP contribution < -0.4 is 5.32 Å². The molecule has 1 amide bonds. The highest BCUT2D eigenvalue weighted by molar-refractivity contribution is 5.91. The van der Waals surface area contributed by atoms with E-state index in [9.17, 15) is 4.79 Å². The van der Waals surface area contributed by atoms with Crippen LogP contribution in [0.4, 0.5) is 5.69 Å². The fraction of sp³-hybridized carbons (Fsp3) is 0.500. The number of anilines is 1. The number of hydrogen-bond acceptors (Lipinski definition) is 2. The van der Waals surface area contributed by atoms with Crippen molar-refractivity contribution in [3.8, 4) is 0 Å². The number of nitrogens with one attached hydrogen (secondary N) is 1. The van der Waals surface area contributed by atoms with Crippen LogP contribution in [-0.2, 0) is 11.4 Å². The van der Waals surface area contributed by atoms with Crippen molar-refractivity contribution in [2.75, 3.05) is 5.32 Å². The van der Waals surface area contributed by atoms with Gasteiger partial charge in [0.05, 0.1) is 6.61 Å². The smallest absolute Gasteiger partial charge is 0.224 e. The Morgan fingerprint density at radius 2 is 2.00 bits per heavy atom. The molecule has 0 bridgehead atoms. The minimum absolute atomic E-state index is 0.0296. The van der Waals surface area contributed by atoms with Crippen LogP contribution in [0.2, 0.25) is 0 Å². The molecule has 0 saturated heterocycles. The summed E-state index contributed by atoms with van der Waals surface area (Å²) in [5.74, 6) is 0.0296. The summed E-state index contributed by atoms with van der Waals surface area (Å²) in [6.45, 7) is 2.10. The van der Waals surface area contributed by atoms with Gasteiger partial charge in [0.15, 0.2) is 0 Å². The van der Waals surface area contributed by atoms with Crippen LogP contribution in [0.15, 0.2) is 24.3 Å². The fourth-order valence-electron chi connectivity index (χ4n) is 1.71. The molecule has 1 aromatic rings. The average molecular weight is 235 g/mol. The van der Waals surface area contributed by atoms with Crippen molar-refractivity contribution in [1.82, 2.24) is 0 Å². The Morgan fingerprint density at radius 1 is 1.24 bits per heavy atom. The molecule has 2 N–H and O–H groups in total. The highest BCUT2D eigenvalue weighted by atomic mass is 16.3. The van der Waals surface area contributed by atoms with E-state index in [-0.39, 0.29) is 12.5 Å². The Bertz CT molecular complexity index is 350. The number of carbonyl (C=O) groups excluding carboxylic acids is 1. The lowest BCUT2D eigenvalue weighted by atomic mass is 10.1. The summed E-state index contributed by atoms with van der Waals surface area (Å²) in [6, 6.07) is 7.33. The van der Waals surface area contributed by atoms with E-state index in [1.165, 1.54) is 12.8 Å². The lowest BCUT2D eigenvalue weighted by Crippen LogP contribution is -2.12. The zero-order valence-corrected chi connectivity index (χ0v) is 10.4. The Balaban J connectivity index is 2.39. The molecule has 1 rings (SSSR count). The van der Waals surface area contributed by atoms with E-state index in [1.807, 2.05) is 24.3 Å². The van der Waals surface area contributed by atoms with Gasteiger partial charge in [-0.25, -0.2) is 0 Å². The maximum atomic E-state index is 11.7. The minimum Gasteiger partial charge on any atom is -0.392 e. The molecule has 0 fully saturated rings. The van der Waals surface area contributed by atoms with Gasteiger partial charge in [0.2, 0.25) is 5.91 Å².